The van der Waals surface area contributed by atoms with E-state index < -0.39 is 0 Å². The van der Waals surface area contributed by atoms with Crippen LogP contribution in [-0.2, 0) is 6.42 Å². The van der Waals surface area contributed by atoms with Crippen molar-refractivity contribution >= 4 is 27.7 Å². The molecule has 2 aromatic rings. The molecule has 0 saturated heterocycles. The lowest BCUT2D eigenvalue weighted by molar-refractivity contribution is 0.602. The number of hydrogen-bond acceptors (Lipinski definition) is 2. The van der Waals surface area contributed by atoms with Crippen LogP contribution in [0.15, 0.2) is 57.9 Å². The summed E-state index contributed by atoms with van der Waals surface area (Å²) in [4.78, 5) is 1.23. The average Bonchev–Trinajstić information content (AvgIpc) is 2.45. The minimum absolute atomic E-state index is 0.171. The maximum absolute atomic E-state index is 13.2. The molecule has 0 fully saturated rings. The summed E-state index contributed by atoms with van der Waals surface area (Å²) in [5, 5.41) is 3.30. The van der Waals surface area contributed by atoms with Crippen LogP contribution in [0.5, 0.6) is 0 Å². The van der Waals surface area contributed by atoms with Gasteiger partial charge in [-0.25, -0.2) is 4.39 Å². The van der Waals surface area contributed by atoms with Crippen LogP contribution in [0.1, 0.15) is 5.56 Å². The van der Waals surface area contributed by atoms with E-state index in [2.05, 4.69) is 27.3 Å². The zero-order valence-electron chi connectivity index (χ0n) is 11.3. The van der Waals surface area contributed by atoms with E-state index in [4.69, 9.17) is 0 Å². The molecule has 1 atom stereocenters. The first-order valence-electron chi connectivity index (χ1n) is 6.48. The molecule has 1 N–H and O–H groups in total. The Morgan fingerprint density at radius 2 is 2.00 bits per heavy atom. The quantitative estimate of drug-likeness (QED) is 0.766. The summed E-state index contributed by atoms with van der Waals surface area (Å²) in [7, 11) is 1.95. The van der Waals surface area contributed by atoms with Gasteiger partial charge < -0.3 is 5.32 Å². The molecule has 0 heterocycles. The fourth-order valence-corrected chi connectivity index (χ4v) is 3.62. The molecular weight excluding hydrogens is 337 g/mol. The van der Waals surface area contributed by atoms with E-state index >= 15 is 0 Å². The van der Waals surface area contributed by atoms with E-state index in [-0.39, 0.29) is 5.82 Å². The van der Waals surface area contributed by atoms with Crippen molar-refractivity contribution < 1.29 is 4.39 Å². The molecule has 106 valence electrons. The second-order valence-electron chi connectivity index (χ2n) is 4.56. The van der Waals surface area contributed by atoms with Gasteiger partial charge in [0.25, 0.3) is 0 Å². The molecule has 4 heteroatoms. The smallest absolute Gasteiger partial charge is 0.123 e. The summed E-state index contributed by atoms with van der Waals surface area (Å²) in [5.74, 6) is 0.770. The van der Waals surface area contributed by atoms with Crippen molar-refractivity contribution in [3.8, 4) is 0 Å². The third kappa shape index (κ3) is 4.62. The SMILES string of the molecule is CNC(CSc1ccccc1Br)Cc1cccc(F)c1. The number of thioether (sulfide) groups is 1. The van der Waals surface area contributed by atoms with Gasteiger partial charge in [0.05, 0.1) is 0 Å². The van der Waals surface area contributed by atoms with Crippen LogP contribution in [0.3, 0.4) is 0 Å². The second kappa shape index (κ2) is 7.81. The summed E-state index contributed by atoms with van der Waals surface area (Å²) in [6.45, 7) is 0. The van der Waals surface area contributed by atoms with Crippen molar-refractivity contribution in [2.45, 2.75) is 17.4 Å². The van der Waals surface area contributed by atoms with Gasteiger partial charge in [-0.1, -0.05) is 24.3 Å². The van der Waals surface area contributed by atoms with Crippen molar-refractivity contribution in [1.29, 1.82) is 0 Å². The highest BCUT2D eigenvalue weighted by molar-refractivity contribution is 9.10. The Balaban J connectivity index is 1.94. The van der Waals surface area contributed by atoms with Crippen LogP contribution >= 0.6 is 27.7 Å². The minimum atomic E-state index is -0.171. The molecule has 20 heavy (non-hydrogen) atoms. The molecule has 0 aliphatic heterocycles. The molecule has 0 aliphatic rings. The fraction of sp³-hybridized carbons (Fsp3) is 0.250. The number of nitrogens with one attached hydrogen (secondary N) is 1. The molecule has 1 unspecified atom stereocenters. The third-order valence-electron chi connectivity index (χ3n) is 3.06. The predicted octanol–water partition coefficient (Wildman–Crippen LogP) is 4.51. The summed E-state index contributed by atoms with van der Waals surface area (Å²) < 4.78 is 14.3. The standard InChI is InChI=1S/C16H17BrFNS/c1-19-14(10-12-5-4-6-13(18)9-12)11-20-16-8-3-2-7-15(16)17/h2-9,14,19H,10-11H2,1H3. The molecule has 2 rings (SSSR count). The van der Waals surface area contributed by atoms with Gasteiger partial charge in [0.1, 0.15) is 5.82 Å². The molecule has 0 aromatic heterocycles. The minimum Gasteiger partial charge on any atom is -0.316 e. The lowest BCUT2D eigenvalue weighted by atomic mass is 10.1. The highest BCUT2D eigenvalue weighted by atomic mass is 79.9. The number of hydrogen-bond donors (Lipinski definition) is 1. The zero-order chi connectivity index (χ0) is 14.4. The van der Waals surface area contributed by atoms with Gasteiger partial charge in [0.2, 0.25) is 0 Å². The fourth-order valence-electron chi connectivity index (χ4n) is 1.94. The first-order valence-corrected chi connectivity index (χ1v) is 8.26. The molecule has 2 aromatic carbocycles. The van der Waals surface area contributed by atoms with Crippen molar-refractivity contribution in [2.75, 3.05) is 12.8 Å². The van der Waals surface area contributed by atoms with Gasteiger partial charge >= 0.3 is 0 Å². The Kier molecular flexibility index (Phi) is 6.07. The largest absolute Gasteiger partial charge is 0.316 e. The monoisotopic (exact) mass is 353 g/mol. The van der Waals surface area contributed by atoms with Gasteiger partial charge in [-0.05, 0) is 59.2 Å². The molecule has 0 bridgehead atoms. The maximum atomic E-state index is 13.2. The van der Waals surface area contributed by atoms with Crippen LogP contribution in [0.25, 0.3) is 0 Å². The van der Waals surface area contributed by atoms with Crippen LogP contribution in [0, 0.1) is 5.82 Å². The molecule has 0 saturated carbocycles. The maximum Gasteiger partial charge on any atom is 0.123 e. The van der Waals surface area contributed by atoms with Crippen molar-refractivity contribution in [1.82, 2.24) is 5.32 Å². The van der Waals surface area contributed by atoms with Crippen LogP contribution in [0.4, 0.5) is 4.39 Å². The molecule has 0 amide bonds. The van der Waals surface area contributed by atoms with E-state index in [1.165, 1.54) is 11.0 Å². The summed E-state index contributed by atoms with van der Waals surface area (Å²) in [6.07, 6.45) is 0.825. The van der Waals surface area contributed by atoms with E-state index in [0.717, 1.165) is 22.2 Å². The Morgan fingerprint density at radius 3 is 2.70 bits per heavy atom. The average molecular weight is 354 g/mol. The second-order valence-corrected chi connectivity index (χ2v) is 6.48. The molecular formula is C16H17BrFNS. The predicted molar refractivity (Wildman–Crippen MR) is 87.8 cm³/mol. The number of likely N-dealkylation sites (N-methyl/N-ethyl adjacent to an activating group) is 1. The molecule has 0 spiro atoms. The first-order chi connectivity index (χ1) is 9.69. The Morgan fingerprint density at radius 1 is 1.20 bits per heavy atom. The number of benzene rings is 2. The van der Waals surface area contributed by atoms with E-state index in [9.17, 15) is 4.39 Å². The summed E-state index contributed by atoms with van der Waals surface area (Å²) in [5.41, 5.74) is 1.03. The van der Waals surface area contributed by atoms with Crippen molar-refractivity contribution in [3.05, 3.63) is 64.4 Å². The lowest BCUT2D eigenvalue weighted by Crippen LogP contribution is -2.30. The molecule has 1 nitrogen and oxygen atoms in total. The lowest BCUT2D eigenvalue weighted by Gasteiger charge is -2.16. The molecule has 0 aliphatic carbocycles. The van der Waals surface area contributed by atoms with E-state index in [1.807, 2.05) is 31.3 Å². The first kappa shape index (κ1) is 15.5. The zero-order valence-corrected chi connectivity index (χ0v) is 13.7. The Bertz CT molecular complexity index is 562. The Hall–Kier alpha value is -0.840. The van der Waals surface area contributed by atoms with E-state index in [0.29, 0.717) is 6.04 Å². The van der Waals surface area contributed by atoms with Crippen molar-refractivity contribution in [2.24, 2.45) is 0 Å². The third-order valence-corrected chi connectivity index (χ3v) is 5.25. The van der Waals surface area contributed by atoms with Gasteiger partial charge in [-0.2, -0.15) is 0 Å². The van der Waals surface area contributed by atoms with Crippen LogP contribution in [-0.4, -0.2) is 18.8 Å². The van der Waals surface area contributed by atoms with Gasteiger partial charge in [-0.3, -0.25) is 0 Å². The number of rotatable bonds is 6. The molecule has 0 radical (unpaired) electrons. The number of halogens is 2. The topological polar surface area (TPSA) is 12.0 Å². The van der Waals surface area contributed by atoms with Crippen LogP contribution < -0.4 is 5.32 Å². The van der Waals surface area contributed by atoms with Gasteiger partial charge in [-0.15, -0.1) is 11.8 Å². The van der Waals surface area contributed by atoms with Gasteiger partial charge in [0, 0.05) is 21.2 Å². The Labute approximate surface area is 132 Å². The van der Waals surface area contributed by atoms with Crippen molar-refractivity contribution in [3.63, 3.8) is 0 Å². The highest BCUT2D eigenvalue weighted by Crippen LogP contribution is 2.27. The van der Waals surface area contributed by atoms with Gasteiger partial charge in [0.15, 0.2) is 0 Å². The van der Waals surface area contributed by atoms with Crippen LogP contribution in [0.2, 0.25) is 0 Å². The highest BCUT2D eigenvalue weighted by Gasteiger charge is 2.09. The van der Waals surface area contributed by atoms with E-state index in [1.54, 1.807) is 23.9 Å². The summed E-state index contributed by atoms with van der Waals surface area (Å²) in [6, 6.07) is 15.3. The normalized spacial score (nSPS) is 12.3. The summed E-state index contributed by atoms with van der Waals surface area (Å²) >= 11 is 5.35.